The van der Waals surface area contributed by atoms with Gasteiger partial charge in [0.2, 0.25) is 15.9 Å². The first-order chi connectivity index (χ1) is 11.0. The zero-order valence-corrected chi connectivity index (χ0v) is 14.6. The summed E-state index contributed by atoms with van der Waals surface area (Å²) in [6.07, 6.45) is 3.38. The number of amides is 1. The molecule has 0 N–H and O–H groups in total. The van der Waals surface area contributed by atoms with Crippen molar-refractivity contribution in [3.63, 3.8) is 0 Å². The summed E-state index contributed by atoms with van der Waals surface area (Å²) in [5.74, 6) is 0.00538. The molecule has 0 aliphatic carbocycles. The van der Waals surface area contributed by atoms with Crippen molar-refractivity contribution < 1.29 is 13.2 Å². The maximum absolute atomic E-state index is 12.7. The minimum Gasteiger partial charge on any atom is -0.338 e. The van der Waals surface area contributed by atoms with Gasteiger partial charge in [0.05, 0.1) is 4.90 Å². The van der Waals surface area contributed by atoms with Crippen LogP contribution in [-0.2, 0) is 14.8 Å². The van der Waals surface area contributed by atoms with E-state index in [0.717, 1.165) is 12.0 Å². The topological polar surface area (TPSA) is 57.7 Å². The van der Waals surface area contributed by atoms with Gasteiger partial charge >= 0.3 is 0 Å². The fourth-order valence-corrected chi connectivity index (χ4v) is 4.21. The van der Waals surface area contributed by atoms with Gasteiger partial charge in [0.25, 0.3) is 0 Å². The average Bonchev–Trinajstić information content (AvgIpc) is 2.81. The third-order valence-corrected chi connectivity index (χ3v) is 5.88. The number of rotatable bonds is 4. The summed E-state index contributed by atoms with van der Waals surface area (Å²) < 4.78 is 26.8. The Morgan fingerprint density at radius 1 is 1.13 bits per heavy atom. The van der Waals surface area contributed by atoms with Crippen LogP contribution in [0.5, 0.6) is 0 Å². The lowest BCUT2D eigenvalue weighted by atomic mass is 10.2. The highest BCUT2D eigenvalue weighted by Crippen LogP contribution is 2.18. The quantitative estimate of drug-likeness (QED) is 0.793. The highest BCUT2D eigenvalue weighted by Gasteiger charge is 2.28. The van der Waals surface area contributed by atoms with Gasteiger partial charge in [-0.15, -0.1) is 0 Å². The average molecular weight is 336 g/mol. The molecule has 0 unspecified atom stereocenters. The summed E-state index contributed by atoms with van der Waals surface area (Å²) >= 11 is 0. The largest absolute Gasteiger partial charge is 0.338 e. The molecule has 5 nitrogen and oxygen atoms in total. The molecular weight excluding hydrogens is 312 g/mol. The number of nitrogens with zero attached hydrogens (tertiary/aromatic N) is 2. The Bertz CT molecular complexity index is 668. The standard InChI is InChI=1S/C17H24N2O3S/c1-3-8-15(2)17(20)18-11-7-12-19(14-13-18)23(21,22)16-9-5-4-6-10-16/h4-6,8-10H,3,7,11-14H2,1-2H3. The highest BCUT2D eigenvalue weighted by molar-refractivity contribution is 7.89. The Balaban J connectivity index is 2.10. The molecule has 0 atom stereocenters. The van der Waals surface area contributed by atoms with Gasteiger partial charge in [-0.3, -0.25) is 4.79 Å². The maximum atomic E-state index is 12.7. The molecule has 23 heavy (non-hydrogen) atoms. The van der Waals surface area contributed by atoms with E-state index in [4.69, 9.17) is 0 Å². The van der Waals surface area contributed by atoms with Gasteiger partial charge in [0, 0.05) is 31.8 Å². The fourth-order valence-electron chi connectivity index (χ4n) is 2.72. The smallest absolute Gasteiger partial charge is 0.249 e. The minimum atomic E-state index is -3.48. The molecule has 1 saturated heterocycles. The van der Waals surface area contributed by atoms with Crippen LogP contribution in [0, 0.1) is 0 Å². The number of carbonyl (C=O) groups excluding carboxylic acids is 1. The minimum absolute atomic E-state index is 0.00538. The van der Waals surface area contributed by atoms with E-state index in [1.807, 2.05) is 19.9 Å². The summed E-state index contributed by atoms with van der Waals surface area (Å²) in [7, 11) is -3.48. The number of hydrogen-bond donors (Lipinski definition) is 0. The molecule has 126 valence electrons. The highest BCUT2D eigenvalue weighted by atomic mass is 32.2. The predicted molar refractivity (Wildman–Crippen MR) is 90.4 cm³/mol. The lowest BCUT2D eigenvalue weighted by molar-refractivity contribution is -0.126. The van der Waals surface area contributed by atoms with E-state index in [0.29, 0.717) is 37.5 Å². The summed E-state index contributed by atoms with van der Waals surface area (Å²) in [5, 5.41) is 0. The van der Waals surface area contributed by atoms with E-state index >= 15 is 0 Å². The third kappa shape index (κ3) is 4.20. The Morgan fingerprint density at radius 2 is 1.83 bits per heavy atom. The first-order valence-corrected chi connectivity index (χ1v) is 9.42. The van der Waals surface area contributed by atoms with Gasteiger partial charge in [0.1, 0.15) is 0 Å². The zero-order chi connectivity index (χ0) is 16.9. The lowest BCUT2D eigenvalue weighted by Crippen LogP contribution is -2.37. The van der Waals surface area contributed by atoms with Crippen molar-refractivity contribution in [1.82, 2.24) is 9.21 Å². The molecule has 1 aliphatic rings. The molecule has 0 spiro atoms. The van der Waals surface area contributed by atoms with Crippen molar-refractivity contribution >= 4 is 15.9 Å². The van der Waals surface area contributed by atoms with Gasteiger partial charge < -0.3 is 4.90 Å². The van der Waals surface area contributed by atoms with Crippen LogP contribution in [-0.4, -0.2) is 49.7 Å². The fraction of sp³-hybridized carbons (Fsp3) is 0.471. The second kappa shape index (κ2) is 7.75. The van der Waals surface area contributed by atoms with Crippen LogP contribution in [0.2, 0.25) is 0 Å². The van der Waals surface area contributed by atoms with Crippen LogP contribution < -0.4 is 0 Å². The van der Waals surface area contributed by atoms with Crippen molar-refractivity contribution in [1.29, 1.82) is 0 Å². The second-order valence-electron chi connectivity index (χ2n) is 5.66. The number of allylic oxidation sites excluding steroid dienone is 1. The Labute approximate surface area is 138 Å². The molecule has 0 aromatic heterocycles. The monoisotopic (exact) mass is 336 g/mol. The van der Waals surface area contributed by atoms with Crippen LogP contribution in [0.4, 0.5) is 0 Å². The Kier molecular flexibility index (Phi) is 5.96. The third-order valence-electron chi connectivity index (χ3n) is 3.97. The summed E-state index contributed by atoms with van der Waals surface area (Å²) in [6.45, 7) is 5.61. The van der Waals surface area contributed by atoms with Crippen LogP contribution in [0.15, 0.2) is 46.9 Å². The molecule has 1 aromatic carbocycles. The Morgan fingerprint density at radius 3 is 2.48 bits per heavy atom. The van der Waals surface area contributed by atoms with E-state index in [9.17, 15) is 13.2 Å². The van der Waals surface area contributed by atoms with Crippen molar-refractivity contribution in [2.75, 3.05) is 26.2 Å². The second-order valence-corrected chi connectivity index (χ2v) is 7.60. The number of sulfonamides is 1. The summed E-state index contributed by atoms with van der Waals surface area (Å²) in [4.78, 5) is 14.4. The molecule has 0 bridgehead atoms. The molecule has 1 fully saturated rings. The van der Waals surface area contributed by atoms with Crippen LogP contribution in [0.3, 0.4) is 0 Å². The van der Waals surface area contributed by atoms with Crippen molar-refractivity contribution in [2.24, 2.45) is 0 Å². The maximum Gasteiger partial charge on any atom is 0.249 e. The lowest BCUT2D eigenvalue weighted by Gasteiger charge is -2.22. The Hall–Kier alpha value is -1.66. The molecule has 0 radical (unpaired) electrons. The summed E-state index contributed by atoms with van der Waals surface area (Å²) in [6, 6.07) is 8.46. The number of carbonyl (C=O) groups is 1. The van der Waals surface area contributed by atoms with E-state index < -0.39 is 10.0 Å². The molecule has 1 amide bonds. The van der Waals surface area contributed by atoms with Crippen molar-refractivity contribution in [3.8, 4) is 0 Å². The van der Waals surface area contributed by atoms with Crippen LogP contribution >= 0.6 is 0 Å². The van der Waals surface area contributed by atoms with Gasteiger partial charge in [-0.2, -0.15) is 4.31 Å². The van der Waals surface area contributed by atoms with E-state index in [1.54, 1.807) is 35.2 Å². The molecule has 1 aromatic rings. The molecule has 1 heterocycles. The van der Waals surface area contributed by atoms with Crippen molar-refractivity contribution in [2.45, 2.75) is 31.6 Å². The number of hydrogen-bond acceptors (Lipinski definition) is 3. The predicted octanol–water partition coefficient (Wildman–Crippen LogP) is 2.27. The van der Waals surface area contributed by atoms with Gasteiger partial charge in [-0.1, -0.05) is 31.2 Å². The van der Waals surface area contributed by atoms with Gasteiger partial charge in [0.15, 0.2) is 0 Å². The van der Waals surface area contributed by atoms with E-state index in [1.165, 1.54) is 4.31 Å². The molecular formula is C17H24N2O3S. The van der Waals surface area contributed by atoms with E-state index in [-0.39, 0.29) is 5.91 Å². The number of benzene rings is 1. The van der Waals surface area contributed by atoms with Crippen LogP contribution in [0.25, 0.3) is 0 Å². The van der Waals surface area contributed by atoms with E-state index in [2.05, 4.69) is 0 Å². The molecule has 0 saturated carbocycles. The zero-order valence-electron chi connectivity index (χ0n) is 13.7. The summed E-state index contributed by atoms with van der Waals surface area (Å²) in [5.41, 5.74) is 0.729. The molecule has 2 rings (SSSR count). The SMILES string of the molecule is CCC=C(C)C(=O)N1CCCN(S(=O)(=O)c2ccccc2)CC1. The van der Waals surface area contributed by atoms with Crippen molar-refractivity contribution in [3.05, 3.63) is 42.0 Å². The normalized spacial score (nSPS) is 17.8. The van der Waals surface area contributed by atoms with Crippen LogP contribution in [0.1, 0.15) is 26.7 Å². The molecule has 6 heteroatoms. The van der Waals surface area contributed by atoms with Gasteiger partial charge in [-0.05, 0) is 31.9 Å². The van der Waals surface area contributed by atoms with Gasteiger partial charge in [-0.25, -0.2) is 8.42 Å². The molecule has 1 aliphatic heterocycles. The first-order valence-electron chi connectivity index (χ1n) is 7.98. The first kappa shape index (κ1) is 17.7.